The highest BCUT2D eigenvalue weighted by Crippen LogP contribution is 2.33. The van der Waals surface area contributed by atoms with E-state index in [9.17, 15) is 4.79 Å². The molecule has 4 rings (SSSR count). The van der Waals surface area contributed by atoms with Gasteiger partial charge in [-0.15, -0.1) is 0 Å². The van der Waals surface area contributed by atoms with Crippen molar-refractivity contribution in [1.29, 1.82) is 0 Å². The number of amides is 1. The minimum absolute atomic E-state index is 0.0332. The van der Waals surface area contributed by atoms with Gasteiger partial charge in [-0.3, -0.25) is 9.78 Å². The SMILES string of the molecule is CN1CCN(C(=O)c2cc(N3CCC4(CC3)OCCO4)ccn2)CC1. The van der Waals surface area contributed by atoms with Gasteiger partial charge in [0.05, 0.1) is 13.2 Å². The Morgan fingerprint density at radius 2 is 1.76 bits per heavy atom. The van der Waals surface area contributed by atoms with Gasteiger partial charge in [0.25, 0.3) is 5.91 Å². The van der Waals surface area contributed by atoms with Crippen molar-refractivity contribution in [2.75, 3.05) is 64.4 Å². The number of piperidine rings is 1. The second kappa shape index (κ2) is 6.90. The minimum atomic E-state index is -0.373. The van der Waals surface area contributed by atoms with Crippen molar-refractivity contribution in [3.63, 3.8) is 0 Å². The second-order valence-corrected chi connectivity index (χ2v) is 7.09. The quantitative estimate of drug-likeness (QED) is 0.790. The highest BCUT2D eigenvalue weighted by atomic mass is 16.7. The van der Waals surface area contributed by atoms with Crippen LogP contribution in [0, 0.1) is 0 Å². The lowest BCUT2D eigenvalue weighted by molar-refractivity contribution is -0.169. The number of anilines is 1. The van der Waals surface area contributed by atoms with Gasteiger partial charge in [0.1, 0.15) is 5.69 Å². The zero-order valence-corrected chi connectivity index (χ0v) is 14.8. The summed E-state index contributed by atoms with van der Waals surface area (Å²) in [7, 11) is 2.08. The topological polar surface area (TPSA) is 58.1 Å². The third-order valence-corrected chi connectivity index (χ3v) is 5.46. The molecule has 136 valence electrons. The molecule has 3 aliphatic rings. The van der Waals surface area contributed by atoms with E-state index in [4.69, 9.17) is 9.47 Å². The molecule has 0 radical (unpaired) electrons. The summed E-state index contributed by atoms with van der Waals surface area (Å²) in [5.41, 5.74) is 1.59. The Morgan fingerprint density at radius 3 is 2.44 bits per heavy atom. The van der Waals surface area contributed by atoms with Crippen LogP contribution < -0.4 is 4.90 Å². The number of hydrogen-bond donors (Lipinski definition) is 0. The molecule has 7 heteroatoms. The van der Waals surface area contributed by atoms with Gasteiger partial charge >= 0.3 is 0 Å². The normalized spacial score (nSPS) is 24.0. The molecule has 0 bridgehead atoms. The number of piperazine rings is 1. The van der Waals surface area contributed by atoms with E-state index in [0.29, 0.717) is 18.9 Å². The number of nitrogens with zero attached hydrogens (tertiary/aromatic N) is 4. The maximum Gasteiger partial charge on any atom is 0.272 e. The molecule has 1 aromatic heterocycles. The van der Waals surface area contributed by atoms with E-state index in [-0.39, 0.29) is 11.7 Å². The van der Waals surface area contributed by atoms with Crippen LogP contribution in [-0.4, -0.2) is 86.0 Å². The van der Waals surface area contributed by atoms with Crippen LogP contribution in [0.25, 0.3) is 0 Å². The first-order valence-electron chi connectivity index (χ1n) is 9.12. The van der Waals surface area contributed by atoms with Crippen LogP contribution >= 0.6 is 0 Å². The van der Waals surface area contributed by atoms with Crippen LogP contribution in [0.4, 0.5) is 5.69 Å². The first kappa shape index (κ1) is 16.8. The number of ether oxygens (including phenoxy) is 2. The van der Waals surface area contributed by atoms with Gasteiger partial charge in [0.2, 0.25) is 0 Å². The van der Waals surface area contributed by atoms with Gasteiger partial charge in [-0.1, -0.05) is 0 Å². The number of likely N-dealkylation sites (N-methyl/N-ethyl adjacent to an activating group) is 1. The van der Waals surface area contributed by atoms with Crippen molar-refractivity contribution in [3.05, 3.63) is 24.0 Å². The molecule has 0 aromatic carbocycles. The largest absolute Gasteiger partial charge is 0.371 e. The Kier molecular flexibility index (Phi) is 4.62. The number of aromatic nitrogens is 1. The molecule has 4 heterocycles. The van der Waals surface area contributed by atoms with Gasteiger partial charge < -0.3 is 24.2 Å². The van der Waals surface area contributed by atoms with E-state index in [1.807, 2.05) is 17.0 Å². The Bertz CT molecular complexity index is 615. The van der Waals surface area contributed by atoms with Gasteiger partial charge in [-0.05, 0) is 19.2 Å². The number of pyridine rings is 1. The zero-order valence-electron chi connectivity index (χ0n) is 14.8. The lowest BCUT2D eigenvalue weighted by atomic mass is 10.0. The predicted molar refractivity (Wildman–Crippen MR) is 93.7 cm³/mol. The molecule has 3 saturated heterocycles. The lowest BCUT2D eigenvalue weighted by Gasteiger charge is -2.38. The predicted octanol–water partition coefficient (Wildman–Crippen LogP) is 0.813. The van der Waals surface area contributed by atoms with Crippen molar-refractivity contribution in [2.45, 2.75) is 18.6 Å². The first-order valence-corrected chi connectivity index (χ1v) is 9.12. The molecule has 0 unspecified atom stereocenters. The molecular weight excluding hydrogens is 320 g/mol. The smallest absolute Gasteiger partial charge is 0.272 e. The average Bonchev–Trinajstić information content (AvgIpc) is 3.10. The Hall–Kier alpha value is -1.70. The maximum absolute atomic E-state index is 12.7. The van der Waals surface area contributed by atoms with Crippen molar-refractivity contribution >= 4 is 11.6 Å². The van der Waals surface area contributed by atoms with Crippen molar-refractivity contribution in [1.82, 2.24) is 14.8 Å². The highest BCUT2D eigenvalue weighted by molar-refractivity contribution is 5.93. The number of rotatable bonds is 2. The summed E-state index contributed by atoms with van der Waals surface area (Å²) in [6.45, 7) is 6.49. The van der Waals surface area contributed by atoms with Gasteiger partial charge in [0.15, 0.2) is 5.79 Å². The monoisotopic (exact) mass is 346 g/mol. The Labute approximate surface area is 148 Å². The van der Waals surface area contributed by atoms with E-state index in [1.165, 1.54) is 0 Å². The summed E-state index contributed by atoms with van der Waals surface area (Å²) in [5, 5.41) is 0. The third-order valence-electron chi connectivity index (χ3n) is 5.46. The molecule has 3 aliphatic heterocycles. The van der Waals surface area contributed by atoms with Crippen LogP contribution in [0.3, 0.4) is 0 Å². The Balaban J connectivity index is 1.42. The highest BCUT2D eigenvalue weighted by Gasteiger charge is 2.39. The minimum Gasteiger partial charge on any atom is -0.371 e. The number of carbonyl (C=O) groups is 1. The molecule has 0 atom stereocenters. The summed E-state index contributed by atoms with van der Waals surface area (Å²) < 4.78 is 11.6. The van der Waals surface area contributed by atoms with E-state index in [1.54, 1.807) is 6.20 Å². The fourth-order valence-electron chi connectivity index (χ4n) is 3.80. The lowest BCUT2D eigenvalue weighted by Crippen LogP contribution is -2.47. The van der Waals surface area contributed by atoms with Gasteiger partial charge in [-0.25, -0.2) is 0 Å². The van der Waals surface area contributed by atoms with Gasteiger partial charge in [0, 0.05) is 64.0 Å². The summed E-state index contributed by atoms with van der Waals surface area (Å²) >= 11 is 0. The maximum atomic E-state index is 12.7. The second-order valence-electron chi connectivity index (χ2n) is 7.09. The fourth-order valence-corrected chi connectivity index (χ4v) is 3.80. The summed E-state index contributed by atoms with van der Waals surface area (Å²) in [6, 6.07) is 3.91. The van der Waals surface area contributed by atoms with E-state index < -0.39 is 0 Å². The number of hydrogen-bond acceptors (Lipinski definition) is 6. The van der Waals surface area contributed by atoms with Crippen LogP contribution in [-0.2, 0) is 9.47 Å². The van der Waals surface area contributed by atoms with Crippen molar-refractivity contribution < 1.29 is 14.3 Å². The van der Waals surface area contributed by atoms with Crippen LogP contribution in [0.15, 0.2) is 18.3 Å². The molecule has 0 N–H and O–H groups in total. The van der Waals surface area contributed by atoms with Crippen LogP contribution in [0.2, 0.25) is 0 Å². The first-order chi connectivity index (χ1) is 12.2. The number of carbonyl (C=O) groups excluding carboxylic acids is 1. The third kappa shape index (κ3) is 3.49. The zero-order chi connectivity index (χ0) is 17.3. The van der Waals surface area contributed by atoms with Crippen molar-refractivity contribution in [2.24, 2.45) is 0 Å². The van der Waals surface area contributed by atoms with E-state index in [0.717, 1.165) is 57.8 Å². The average molecular weight is 346 g/mol. The standard InChI is InChI=1S/C18H26N4O3/c1-20-8-10-22(11-9-20)17(23)16-14-15(2-5-19-16)21-6-3-18(4-7-21)24-12-13-25-18/h2,5,14H,3-4,6-13H2,1H3. The molecule has 1 spiro atoms. The van der Waals surface area contributed by atoms with Crippen LogP contribution in [0.5, 0.6) is 0 Å². The summed E-state index contributed by atoms with van der Waals surface area (Å²) in [6.07, 6.45) is 3.46. The van der Waals surface area contributed by atoms with Crippen LogP contribution in [0.1, 0.15) is 23.3 Å². The Morgan fingerprint density at radius 1 is 1.08 bits per heavy atom. The van der Waals surface area contributed by atoms with Gasteiger partial charge in [-0.2, -0.15) is 0 Å². The van der Waals surface area contributed by atoms with E-state index >= 15 is 0 Å². The molecule has 0 saturated carbocycles. The van der Waals surface area contributed by atoms with E-state index in [2.05, 4.69) is 21.8 Å². The molecule has 7 nitrogen and oxygen atoms in total. The fraction of sp³-hybridized carbons (Fsp3) is 0.667. The summed E-state index contributed by atoms with van der Waals surface area (Å²) in [5.74, 6) is -0.340. The van der Waals surface area contributed by atoms with Crippen molar-refractivity contribution in [3.8, 4) is 0 Å². The molecule has 3 fully saturated rings. The molecular formula is C18H26N4O3. The molecule has 0 aliphatic carbocycles. The molecule has 1 aromatic rings. The molecule has 1 amide bonds. The summed E-state index contributed by atoms with van der Waals surface area (Å²) in [4.78, 5) is 23.5. The molecule has 25 heavy (non-hydrogen) atoms.